The molecule has 2 aliphatic heterocycles. The highest BCUT2D eigenvalue weighted by atomic mass is 15.3. The number of hydrogen-bond donors (Lipinski definition) is 2. The van der Waals surface area contributed by atoms with Gasteiger partial charge in [-0.05, 0) is 56.3 Å². The van der Waals surface area contributed by atoms with E-state index in [1.165, 1.54) is 28.2 Å². The Bertz CT molecular complexity index is 611. The highest BCUT2D eigenvalue weighted by molar-refractivity contribution is 5.82. The molecule has 3 heteroatoms. The number of benzene rings is 1. The van der Waals surface area contributed by atoms with Crippen LogP contribution in [0.4, 0.5) is 11.4 Å². The lowest BCUT2D eigenvalue weighted by atomic mass is 10.1. The van der Waals surface area contributed by atoms with Crippen LogP contribution >= 0.6 is 0 Å². The van der Waals surface area contributed by atoms with Crippen LogP contribution in [0, 0.1) is 6.92 Å². The second-order valence-electron chi connectivity index (χ2n) is 5.32. The van der Waals surface area contributed by atoms with E-state index >= 15 is 0 Å². The molecular formula is C17H21N3. The van der Waals surface area contributed by atoms with Gasteiger partial charge in [0.1, 0.15) is 6.17 Å². The molecular weight excluding hydrogens is 246 g/mol. The summed E-state index contributed by atoms with van der Waals surface area (Å²) in [5.41, 5.74) is 6.42. The number of nitrogens with zero attached hydrogens (tertiary/aromatic N) is 1. The lowest BCUT2D eigenvalue weighted by Crippen LogP contribution is -2.39. The molecule has 104 valence electrons. The number of nitrogens with one attached hydrogen (secondary N) is 2. The SMILES string of the molecule is C/C=C(\C)C1Nc2c(C)cccc2N1C1=CC=CNC1. The minimum absolute atomic E-state index is 0.204. The highest BCUT2D eigenvalue weighted by Crippen LogP contribution is 2.41. The smallest absolute Gasteiger partial charge is 0.126 e. The Morgan fingerprint density at radius 2 is 2.25 bits per heavy atom. The Labute approximate surface area is 120 Å². The van der Waals surface area contributed by atoms with Crippen molar-refractivity contribution < 1.29 is 0 Å². The summed E-state index contributed by atoms with van der Waals surface area (Å²) in [7, 11) is 0. The van der Waals surface area contributed by atoms with Crippen LogP contribution in [0.2, 0.25) is 0 Å². The summed E-state index contributed by atoms with van der Waals surface area (Å²) < 4.78 is 0. The maximum Gasteiger partial charge on any atom is 0.126 e. The number of hydrogen-bond acceptors (Lipinski definition) is 3. The van der Waals surface area contributed by atoms with E-state index in [1.54, 1.807) is 0 Å². The van der Waals surface area contributed by atoms with Gasteiger partial charge in [0.25, 0.3) is 0 Å². The zero-order valence-electron chi connectivity index (χ0n) is 12.3. The van der Waals surface area contributed by atoms with Crippen molar-refractivity contribution in [2.45, 2.75) is 26.9 Å². The predicted octanol–water partition coefficient (Wildman–Crippen LogP) is 3.52. The average Bonchev–Trinajstić information content (AvgIpc) is 2.88. The standard InChI is InChI=1S/C17H21N3/c1-4-12(2)17-19-16-13(3)7-5-9-15(16)20(17)14-8-6-10-18-11-14/h4-10,17-19H,11H2,1-3H3/b12-4+. The summed E-state index contributed by atoms with van der Waals surface area (Å²) >= 11 is 0. The fourth-order valence-electron chi connectivity index (χ4n) is 2.79. The minimum atomic E-state index is 0.204. The van der Waals surface area contributed by atoms with Gasteiger partial charge in [0.2, 0.25) is 0 Å². The van der Waals surface area contributed by atoms with Gasteiger partial charge in [-0.3, -0.25) is 0 Å². The van der Waals surface area contributed by atoms with E-state index in [1.807, 2.05) is 6.20 Å². The van der Waals surface area contributed by atoms with Gasteiger partial charge in [0.15, 0.2) is 0 Å². The van der Waals surface area contributed by atoms with Crippen LogP contribution in [0.1, 0.15) is 19.4 Å². The summed E-state index contributed by atoms with van der Waals surface area (Å²) in [5, 5.41) is 6.96. The van der Waals surface area contributed by atoms with E-state index in [-0.39, 0.29) is 6.17 Å². The number of anilines is 2. The quantitative estimate of drug-likeness (QED) is 0.803. The normalized spacial score (nSPS) is 21.1. The molecule has 1 aromatic carbocycles. The lowest BCUT2D eigenvalue weighted by molar-refractivity contribution is 0.774. The van der Waals surface area contributed by atoms with Crippen molar-refractivity contribution in [2.75, 3.05) is 16.8 Å². The van der Waals surface area contributed by atoms with Gasteiger partial charge in [0, 0.05) is 5.70 Å². The van der Waals surface area contributed by atoms with Crippen LogP contribution in [0.3, 0.4) is 0 Å². The first-order valence-corrected chi connectivity index (χ1v) is 7.09. The number of rotatable bonds is 2. The summed E-state index contributed by atoms with van der Waals surface area (Å²) in [6.07, 6.45) is 8.62. The van der Waals surface area contributed by atoms with Crippen LogP contribution in [0.15, 0.2) is 53.9 Å². The number of para-hydroxylation sites is 1. The molecule has 0 aliphatic carbocycles. The topological polar surface area (TPSA) is 27.3 Å². The zero-order chi connectivity index (χ0) is 14.1. The molecule has 0 fully saturated rings. The molecule has 1 atom stereocenters. The number of dihydropyridines is 1. The minimum Gasteiger partial charge on any atom is -0.385 e. The van der Waals surface area contributed by atoms with E-state index in [2.05, 4.69) is 72.7 Å². The van der Waals surface area contributed by atoms with Crippen molar-refractivity contribution in [2.24, 2.45) is 0 Å². The maximum atomic E-state index is 3.67. The monoisotopic (exact) mass is 267 g/mol. The summed E-state index contributed by atoms with van der Waals surface area (Å²) in [6, 6.07) is 6.48. The Morgan fingerprint density at radius 3 is 2.95 bits per heavy atom. The molecule has 1 unspecified atom stereocenters. The second kappa shape index (κ2) is 5.08. The molecule has 0 spiro atoms. The highest BCUT2D eigenvalue weighted by Gasteiger charge is 2.32. The first kappa shape index (κ1) is 12.9. The van der Waals surface area contributed by atoms with Gasteiger partial charge in [-0.15, -0.1) is 0 Å². The number of aryl methyl sites for hydroxylation is 1. The van der Waals surface area contributed by atoms with Crippen molar-refractivity contribution in [3.05, 3.63) is 59.5 Å². The third kappa shape index (κ3) is 1.99. The fourth-order valence-corrected chi connectivity index (χ4v) is 2.79. The summed E-state index contributed by atoms with van der Waals surface area (Å²) in [6.45, 7) is 7.29. The average molecular weight is 267 g/mol. The third-order valence-corrected chi connectivity index (χ3v) is 4.03. The van der Waals surface area contributed by atoms with E-state index in [0.717, 1.165) is 6.54 Å². The molecule has 2 aliphatic rings. The molecule has 20 heavy (non-hydrogen) atoms. The summed E-state index contributed by atoms with van der Waals surface area (Å²) in [4.78, 5) is 2.40. The molecule has 0 amide bonds. The van der Waals surface area contributed by atoms with Crippen molar-refractivity contribution in [1.82, 2.24) is 5.32 Å². The van der Waals surface area contributed by atoms with Crippen molar-refractivity contribution in [3.63, 3.8) is 0 Å². The third-order valence-electron chi connectivity index (χ3n) is 4.03. The van der Waals surface area contributed by atoms with Gasteiger partial charge < -0.3 is 15.5 Å². The van der Waals surface area contributed by atoms with E-state index in [0.29, 0.717) is 0 Å². The van der Waals surface area contributed by atoms with Gasteiger partial charge in [0.05, 0.1) is 17.9 Å². The fraction of sp³-hybridized carbons (Fsp3) is 0.294. The molecule has 0 aromatic heterocycles. The van der Waals surface area contributed by atoms with E-state index in [4.69, 9.17) is 0 Å². The predicted molar refractivity (Wildman–Crippen MR) is 85.7 cm³/mol. The van der Waals surface area contributed by atoms with Gasteiger partial charge in [-0.25, -0.2) is 0 Å². The first-order chi connectivity index (χ1) is 9.72. The van der Waals surface area contributed by atoms with Crippen LogP contribution < -0.4 is 15.5 Å². The van der Waals surface area contributed by atoms with Crippen LogP contribution in [-0.4, -0.2) is 12.7 Å². The van der Waals surface area contributed by atoms with Gasteiger partial charge in [-0.1, -0.05) is 18.2 Å². The van der Waals surface area contributed by atoms with Crippen LogP contribution in [-0.2, 0) is 0 Å². The molecule has 1 aromatic rings. The first-order valence-electron chi connectivity index (χ1n) is 7.09. The van der Waals surface area contributed by atoms with E-state index in [9.17, 15) is 0 Å². The van der Waals surface area contributed by atoms with Crippen molar-refractivity contribution in [1.29, 1.82) is 0 Å². The molecule has 0 bridgehead atoms. The Kier molecular flexibility index (Phi) is 3.26. The molecule has 3 rings (SSSR count). The van der Waals surface area contributed by atoms with Crippen LogP contribution in [0.25, 0.3) is 0 Å². The summed E-state index contributed by atoms with van der Waals surface area (Å²) in [5.74, 6) is 0. The van der Waals surface area contributed by atoms with E-state index < -0.39 is 0 Å². The second-order valence-corrected chi connectivity index (χ2v) is 5.32. The van der Waals surface area contributed by atoms with Gasteiger partial charge >= 0.3 is 0 Å². The molecule has 0 saturated carbocycles. The Morgan fingerprint density at radius 1 is 1.40 bits per heavy atom. The molecule has 0 radical (unpaired) electrons. The lowest BCUT2D eigenvalue weighted by Gasteiger charge is -2.31. The number of fused-ring (bicyclic) bond motifs is 1. The van der Waals surface area contributed by atoms with Crippen molar-refractivity contribution in [3.8, 4) is 0 Å². The van der Waals surface area contributed by atoms with Crippen molar-refractivity contribution >= 4 is 11.4 Å². The van der Waals surface area contributed by atoms with Crippen LogP contribution in [0.5, 0.6) is 0 Å². The Hall–Kier alpha value is -2.16. The van der Waals surface area contributed by atoms with Gasteiger partial charge in [-0.2, -0.15) is 0 Å². The molecule has 0 saturated heterocycles. The Balaban J connectivity index is 2.09. The molecule has 3 nitrogen and oxygen atoms in total. The largest absolute Gasteiger partial charge is 0.385 e. The maximum absolute atomic E-state index is 3.67. The zero-order valence-corrected chi connectivity index (χ0v) is 12.3. The molecule has 2 N–H and O–H groups in total. The number of allylic oxidation sites excluding steroid dienone is 3. The molecule has 2 heterocycles.